The number of aromatic nitrogens is 2. The molecule has 28 heavy (non-hydrogen) atoms. The normalized spacial score (nSPS) is 11.8. The van der Waals surface area contributed by atoms with E-state index in [0.717, 1.165) is 22.8 Å². The fourth-order valence-electron chi connectivity index (χ4n) is 3.05. The van der Waals surface area contributed by atoms with E-state index in [1.807, 2.05) is 54.6 Å². The molecule has 4 rings (SSSR count). The summed E-state index contributed by atoms with van der Waals surface area (Å²) in [6.07, 6.45) is 1.14. The maximum Gasteiger partial charge on any atom is 0.247 e. The van der Waals surface area contributed by atoms with Crippen molar-refractivity contribution in [3.63, 3.8) is 0 Å². The van der Waals surface area contributed by atoms with Crippen LogP contribution in [0.3, 0.4) is 0 Å². The predicted molar refractivity (Wildman–Crippen MR) is 109 cm³/mol. The van der Waals surface area contributed by atoms with Gasteiger partial charge in [0.1, 0.15) is 0 Å². The van der Waals surface area contributed by atoms with Crippen molar-refractivity contribution >= 4 is 20.6 Å². The Balaban J connectivity index is 1.49. The van der Waals surface area contributed by atoms with Gasteiger partial charge in [-0.1, -0.05) is 49.4 Å². The van der Waals surface area contributed by atoms with E-state index in [4.69, 9.17) is 4.42 Å². The van der Waals surface area contributed by atoms with Crippen LogP contribution in [0.25, 0.3) is 22.2 Å². The van der Waals surface area contributed by atoms with E-state index in [1.54, 1.807) is 12.1 Å². The summed E-state index contributed by atoms with van der Waals surface area (Å²) in [5.41, 5.74) is 2.05. The van der Waals surface area contributed by atoms with Gasteiger partial charge in [0, 0.05) is 12.0 Å². The summed E-state index contributed by atoms with van der Waals surface area (Å²) in [4.78, 5) is 0.307. The van der Waals surface area contributed by atoms with Crippen LogP contribution in [0.1, 0.15) is 18.4 Å². The molecular formula is C22H20N2O3S. The molecule has 5 nitrogen and oxygen atoms in total. The van der Waals surface area contributed by atoms with Crippen molar-refractivity contribution in [1.82, 2.24) is 10.2 Å². The molecule has 0 aliphatic rings. The fourth-order valence-corrected chi connectivity index (χ4v) is 4.32. The van der Waals surface area contributed by atoms with Crippen molar-refractivity contribution < 1.29 is 12.8 Å². The molecule has 0 saturated carbocycles. The molecule has 0 aliphatic carbocycles. The minimum Gasteiger partial charge on any atom is -0.421 e. The lowest BCUT2D eigenvalue weighted by atomic mass is 10.1. The van der Waals surface area contributed by atoms with Crippen LogP contribution >= 0.6 is 0 Å². The van der Waals surface area contributed by atoms with Crippen LogP contribution in [0.4, 0.5) is 0 Å². The SMILES string of the molecule is CCc1ccc(-c2nnc(CCS(=O)(=O)c3ccc4ccccc4c3)o2)cc1. The molecule has 3 aromatic carbocycles. The molecule has 1 aromatic heterocycles. The van der Waals surface area contributed by atoms with E-state index < -0.39 is 9.84 Å². The number of hydrogen-bond donors (Lipinski definition) is 0. The first-order valence-corrected chi connectivity index (χ1v) is 10.8. The third-order valence-electron chi connectivity index (χ3n) is 4.74. The zero-order valence-electron chi connectivity index (χ0n) is 15.5. The van der Waals surface area contributed by atoms with Gasteiger partial charge in [-0.25, -0.2) is 8.42 Å². The predicted octanol–water partition coefficient (Wildman–Crippen LogP) is 4.47. The lowest BCUT2D eigenvalue weighted by molar-refractivity contribution is 0.510. The van der Waals surface area contributed by atoms with Crippen molar-refractivity contribution in [3.05, 3.63) is 78.2 Å². The van der Waals surface area contributed by atoms with E-state index in [1.165, 1.54) is 5.56 Å². The Morgan fingerprint density at radius 1 is 0.893 bits per heavy atom. The number of aryl methyl sites for hydroxylation is 2. The quantitative estimate of drug-likeness (QED) is 0.484. The Morgan fingerprint density at radius 2 is 1.64 bits per heavy atom. The fraction of sp³-hybridized carbons (Fsp3) is 0.182. The topological polar surface area (TPSA) is 73.1 Å². The number of benzene rings is 3. The highest BCUT2D eigenvalue weighted by Gasteiger charge is 2.17. The molecule has 0 unspecified atom stereocenters. The molecule has 6 heteroatoms. The molecule has 0 fully saturated rings. The zero-order chi connectivity index (χ0) is 19.6. The zero-order valence-corrected chi connectivity index (χ0v) is 16.3. The molecule has 0 atom stereocenters. The second kappa shape index (κ2) is 7.56. The Hall–Kier alpha value is -2.99. The highest BCUT2D eigenvalue weighted by atomic mass is 32.2. The smallest absolute Gasteiger partial charge is 0.247 e. The summed E-state index contributed by atoms with van der Waals surface area (Å²) in [6, 6.07) is 20.8. The minimum absolute atomic E-state index is 0.0816. The molecule has 0 N–H and O–H groups in total. The van der Waals surface area contributed by atoms with Gasteiger partial charge in [-0.2, -0.15) is 0 Å². The second-order valence-electron chi connectivity index (χ2n) is 6.63. The third-order valence-corrected chi connectivity index (χ3v) is 6.45. The first-order chi connectivity index (χ1) is 13.5. The summed E-state index contributed by atoms with van der Waals surface area (Å²) in [6.45, 7) is 2.09. The summed E-state index contributed by atoms with van der Waals surface area (Å²) in [7, 11) is -3.44. The number of hydrogen-bond acceptors (Lipinski definition) is 5. The summed E-state index contributed by atoms with van der Waals surface area (Å²) in [5, 5.41) is 9.96. The Morgan fingerprint density at radius 3 is 2.39 bits per heavy atom. The van der Waals surface area contributed by atoms with Gasteiger partial charge in [0.25, 0.3) is 0 Å². The van der Waals surface area contributed by atoms with Gasteiger partial charge in [0.05, 0.1) is 10.6 Å². The van der Waals surface area contributed by atoms with E-state index >= 15 is 0 Å². The van der Waals surface area contributed by atoms with Crippen LogP contribution < -0.4 is 0 Å². The maximum absolute atomic E-state index is 12.7. The van der Waals surface area contributed by atoms with E-state index in [9.17, 15) is 8.42 Å². The van der Waals surface area contributed by atoms with Gasteiger partial charge >= 0.3 is 0 Å². The maximum atomic E-state index is 12.7. The highest BCUT2D eigenvalue weighted by molar-refractivity contribution is 7.91. The van der Waals surface area contributed by atoms with Gasteiger partial charge in [-0.05, 0) is 47.0 Å². The number of nitrogens with zero attached hydrogens (tertiary/aromatic N) is 2. The van der Waals surface area contributed by atoms with Gasteiger partial charge in [0.15, 0.2) is 9.84 Å². The van der Waals surface area contributed by atoms with Crippen LogP contribution in [0.5, 0.6) is 0 Å². The molecule has 0 radical (unpaired) electrons. The van der Waals surface area contributed by atoms with Crippen molar-refractivity contribution in [2.24, 2.45) is 0 Å². The standard InChI is InChI=1S/C22H20N2O3S/c1-2-16-7-9-18(10-8-16)22-24-23-21(27-22)13-14-28(25,26)20-12-11-17-5-3-4-6-19(17)15-20/h3-12,15H,2,13-14H2,1H3. The lowest BCUT2D eigenvalue weighted by Gasteiger charge is -2.05. The minimum atomic E-state index is -3.44. The second-order valence-corrected chi connectivity index (χ2v) is 8.74. The molecule has 0 bridgehead atoms. The Bertz CT molecular complexity index is 1210. The summed E-state index contributed by atoms with van der Waals surface area (Å²) < 4.78 is 31.1. The molecule has 1 heterocycles. The number of rotatable bonds is 6. The molecule has 0 aliphatic heterocycles. The monoisotopic (exact) mass is 392 g/mol. The lowest BCUT2D eigenvalue weighted by Crippen LogP contribution is -2.09. The van der Waals surface area contributed by atoms with Crippen molar-refractivity contribution in [3.8, 4) is 11.5 Å². The van der Waals surface area contributed by atoms with Crippen LogP contribution in [-0.2, 0) is 22.7 Å². The molecule has 0 spiro atoms. The van der Waals surface area contributed by atoms with Crippen LogP contribution in [-0.4, -0.2) is 24.4 Å². The molecule has 4 aromatic rings. The first kappa shape index (κ1) is 18.4. The van der Waals surface area contributed by atoms with Crippen LogP contribution in [0, 0.1) is 0 Å². The van der Waals surface area contributed by atoms with Gasteiger partial charge in [-0.3, -0.25) is 0 Å². The van der Waals surface area contributed by atoms with Gasteiger partial charge < -0.3 is 4.42 Å². The average molecular weight is 392 g/mol. The van der Waals surface area contributed by atoms with Crippen LogP contribution in [0.2, 0.25) is 0 Å². The summed E-state index contributed by atoms with van der Waals surface area (Å²) >= 11 is 0. The highest BCUT2D eigenvalue weighted by Crippen LogP contribution is 2.22. The Kier molecular flexibility index (Phi) is 4.96. The average Bonchev–Trinajstić information content (AvgIpc) is 3.21. The molecular weight excluding hydrogens is 372 g/mol. The summed E-state index contributed by atoms with van der Waals surface area (Å²) in [5.74, 6) is 0.640. The van der Waals surface area contributed by atoms with Crippen LogP contribution in [0.15, 0.2) is 76.0 Å². The first-order valence-electron chi connectivity index (χ1n) is 9.18. The van der Waals surface area contributed by atoms with Crippen molar-refractivity contribution in [2.45, 2.75) is 24.7 Å². The number of fused-ring (bicyclic) bond motifs is 1. The Labute approximate surface area is 164 Å². The van der Waals surface area contributed by atoms with E-state index in [2.05, 4.69) is 17.1 Å². The van der Waals surface area contributed by atoms with Crippen molar-refractivity contribution in [1.29, 1.82) is 0 Å². The molecule has 142 valence electrons. The van der Waals surface area contributed by atoms with Gasteiger partial charge in [0.2, 0.25) is 11.8 Å². The van der Waals surface area contributed by atoms with E-state index in [-0.39, 0.29) is 12.2 Å². The van der Waals surface area contributed by atoms with Crippen molar-refractivity contribution in [2.75, 3.05) is 5.75 Å². The van der Waals surface area contributed by atoms with Gasteiger partial charge in [-0.15, -0.1) is 10.2 Å². The van der Waals surface area contributed by atoms with E-state index in [0.29, 0.717) is 16.7 Å². The molecule has 0 amide bonds. The largest absolute Gasteiger partial charge is 0.421 e. The third kappa shape index (κ3) is 3.82. The number of sulfone groups is 1. The molecule has 0 saturated heterocycles.